The van der Waals surface area contributed by atoms with Crippen LogP contribution in [-0.2, 0) is 4.74 Å². The molecule has 1 aliphatic rings. The Bertz CT molecular complexity index is 974. The molecule has 0 saturated carbocycles. The summed E-state index contributed by atoms with van der Waals surface area (Å²) in [5, 5.41) is 23.5. The number of carbonyl (C=O) groups is 1. The lowest BCUT2D eigenvalue weighted by molar-refractivity contribution is 0.0480. The number of benzene rings is 2. The van der Waals surface area contributed by atoms with Gasteiger partial charge in [-0.1, -0.05) is 0 Å². The Kier molecular flexibility index (Phi) is 5.50. The standard InChI is InChI=1S/C22H23NO4S/c24-16-3-1-15(2-4-16)21-20(18-6-5-17(25)13-19(18)28-21)22(26)27-12-9-14-7-10-23-11-8-14/h1-6,13-14,23-25H,7-12H2. The lowest BCUT2D eigenvalue weighted by Crippen LogP contribution is -2.28. The largest absolute Gasteiger partial charge is 0.508 e. The highest BCUT2D eigenvalue weighted by Crippen LogP contribution is 2.40. The van der Waals surface area contributed by atoms with Crippen LogP contribution in [0.4, 0.5) is 0 Å². The molecule has 0 aliphatic carbocycles. The van der Waals surface area contributed by atoms with Gasteiger partial charge in [0.2, 0.25) is 0 Å². The fourth-order valence-corrected chi connectivity index (χ4v) is 4.89. The molecule has 146 valence electrons. The van der Waals surface area contributed by atoms with E-state index in [-0.39, 0.29) is 17.5 Å². The number of hydrogen-bond donors (Lipinski definition) is 3. The van der Waals surface area contributed by atoms with E-state index in [4.69, 9.17) is 4.74 Å². The van der Waals surface area contributed by atoms with Crippen molar-refractivity contribution in [2.75, 3.05) is 19.7 Å². The Morgan fingerprint density at radius 3 is 2.54 bits per heavy atom. The molecule has 2 heterocycles. The van der Waals surface area contributed by atoms with Crippen LogP contribution in [0.5, 0.6) is 11.5 Å². The van der Waals surface area contributed by atoms with Gasteiger partial charge in [0.15, 0.2) is 0 Å². The summed E-state index contributed by atoms with van der Waals surface area (Å²) in [4.78, 5) is 13.8. The summed E-state index contributed by atoms with van der Waals surface area (Å²) in [6.07, 6.45) is 3.12. The molecular formula is C22H23NO4S. The average molecular weight is 397 g/mol. The summed E-state index contributed by atoms with van der Waals surface area (Å²) in [5.41, 5.74) is 1.36. The van der Waals surface area contributed by atoms with E-state index in [0.29, 0.717) is 18.1 Å². The Labute approximate surface area is 167 Å². The van der Waals surface area contributed by atoms with Gasteiger partial charge in [0.05, 0.1) is 17.0 Å². The van der Waals surface area contributed by atoms with Crippen molar-refractivity contribution in [2.45, 2.75) is 19.3 Å². The van der Waals surface area contributed by atoms with Gasteiger partial charge in [-0.15, -0.1) is 11.3 Å². The van der Waals surface area contributed by atoms with Gasteiger partial charge in [-0.25, -0.2) is 4.79 Å². The normalized spacial score (nSPS) is 15.0. The minimum absolute atomic E-state index is 0.164. The summed E-state index contributed by atoms with van der Waals surface area (Å²) in [6, 6.07) is 11.8. The predicted octanol–water partition coefficient (Wildman–Crippen LogP) is 4.53. The van der Waals surface area contributed by atoms with E-state index >= 15 is 0 Å². The zero-order chi connectivity index (χ0) is 19.5. The van der Waals surface area contributed by atoms with Crippen molar-refractivity contribution in [1.29, 1.82) is 0 Å². The van der Waals surface area contributed by atoms with Crippen molar-refractivity contribution in [3.8, 4) is 21.9 Å². The highest BCUT2D eigenvalue weighted by molar-refractivity contribution is 7.22. The first-order valence-corrected chi connectivity index (χ1v) is 10.4. The molecule has 1 aliphatic heterocycles. The van der Waals surface area contributed by atoms with E-state index in [1.807, 2.05) is 0 Å². The van der Waals surface area contributed by atoms with Gasteiger partial charge >= 0.3 is 5.97 Å². The molecule has 0 bridgehead atoms. The van der Waals surface area contributed by atoms with Crippen LogP contribution in [0.15, 0.2) is 42.5 Å². The number of rotatable bonds is 5. The Morgan fingerprint density at radius 2 is 1.79 bits per heavy atom. The number of hydrogen-bond acceptors (Lipinski definition) is 6. The molecule has 4 rings (SSSR count). The summed E-state index contributed by atoms with van der Waals surface area (Å²) < 4.78 is 6.48. The third-order valence-electron chi connectivity index (χ3n) is 5.23. The van der Waals surface area contributed by atoms with Crippen molar-refractivity contribution in [2.24, 2.45) is 5.92 Å². The number of piperidine rings is 1. The Morgan fingerprint density at radius 1 is 1.07 bits per heavy atom. The number of esters is 1. The number of thiophene rings is 1. The second kappa shape index (κ2) is 8.20. The average Bonchev–Trinajstić information content (AvgIpc) is 3.08. The number of phenols is 2. The quantitative estimate of drug-likeness (QED) is 0.552. The van der Waals surface area contributed by atoms with Crippen LogP contribution >= 0.6 is 11.3 Å². The maximum absolute atomic E-state index is 13.0. The van der Waals surface area contributed by atoms with E-state index in [2.05, 4.69) is 5.32 Å². The molecule has 3 N–H and O–H groups in total. The van der Waals surface area contributed by atoms with Crippen LogP contribution in [0, 0.1) is 5.92 Å². The summed E-state index contributed by atoms with van der Waals surface area (Å²) in [7, 11) is 0. The molecular weight excluding hydrogens is 374 g/mol. The van der Waals surface area contributed by atoms with Crippen LogP contribution in [0.3, 0.4) is 0 Å². The number of aromatic hydroxyl groups is 2. The van der Waals surface area contributed by atoms with Gasteiger partial charge in [-0.05, 0) is 86.3 Å². The van der Waals surface area contributed by atoms with E-state index in [1.165, 1.54) is 11.3 Å². The molecule has 1 fully saturated rings. The maximum Gasteiger partial charge on any atom is 0.340 e. The van der Waals surface area contributed by atoms with E-state index in [1.54, 1.807) is 42.5 Å². The molecule has 0 atom stereocenters. The smallest absolute Gasteiger partial charge is 0.340 e. The number of nitrogens with one attached hydrogen (secondary N) is 1. The molecule has 0 spiro atoms. The van der Waals surface area contributed by atoms with Crippen LogP contribution in [0.25, 0.3) is 20.5 Å². The fourth-order valence-electron chi connectivity index (χ4n) is 3.66. The first-order chi connectivity index (χ1) is 13.6. The second-order valence-corrected chi connectivity index (χ2v) is 8.20. The van der Waals surface area contributed by atoms with Crippen LogP contribution in [-0.4, -0.2) is 35.9 Å². The minimum Gasteiger partial charge on any atom is -0.508 e. The van der Waals surface area contributed by atoms with Crippen molar-refractivity contribution in [3.05, 3.63) is 48.0 Å². The first kappa shape index (κ1) is 18.8. The van der Waals surface area contributed by atoms with Crippen molar-refractivity contribution in [1.82, 2.24) is 5.32 Å². The Hall–Kier alpha value is -2.57. The first-order valence-electron chi connectivity index (χ1n) is 9.54. The molecule has 6 heteroatoms. The lowest BCUT2D eigenvalue weighted by atomic mass is 9.95. The number of carbonyl (C=O) groups excluding carboxylic acids is 1. The molecule has 5 nitrogen and oxygen atoms in total. The second-order valence-electron chi connectivity index (χ2n) is 7.15. The number of phenolic OH excluding ortho intramolecular Hbond substituents is 2. The number of ether oxygens (including phenoxy) is 1. The summed E-state index contributed by atoms with van der Waals surface area (Å²) in [5.74, 6) is 0.598. The van der Waals surface area contributed by atoms with Gasteiger partial charge in [-0.2, -0.15) is 0 Å². The lowest BCUT2D eigenvalue weighted by Gasteiger charge is -2.22. The van der Waals surface area contributed by atoms with E-state index in [0.717, 1.165) is 52.9 Å². The zero-order valence-electron chi connectivity index (χ0n) is 15.5. The van der Waals surface area contributed by atoms with Crippen molar-refractivity contribution in [3.63, 3.8) is 0 Å². The molecule has 0 amide bonds. The topological polar surface area (TPSA) is 78.8 Å². The summed E-state index contributed by atoms with van der Waals surface area (Å²) >= 11 is 1.44. The zero-order valence-corrected chi connectivity index (χ0v) is 16.3. The van der Waals surface area contributed by atoms with Gasteiger partial charge in [0.25, 0.3) is 0 Å². The minimum atomic E-state index is -0.339. The summed E-state index contributed by atoms with van der Waals surface area (Å²) in [6.45, 7) is 2.47. The molecule has 1 saturated heterocycles. The molecule has 0 radical (unpaired) electrons. The van der Waals surface area contributed by atoms with Gasteiger partial charge in [-0.3, -0.25) is 0 Å². The highest BCUT2D eigenvalue weighted by Gasteiger charge is 2.22. The third-order valence-corrected chi connectivity index (χ3v) is 6.43. The molecule has 28 heavy (non-hydrogen) atoms. The molecule has 2 aromatic carbocycles. The van der Waals surface area contributed by atoms with E-state index < -0.39 is 0 Å². The van der Waals surface area contributed by atoms with E-state index in [9.17, 15) is 15.0 Å². The van der Waals surface area contributed by atoms with Crippen molar-refractivity contribution >= 4 is 27.4 Å². The monoisotopic (exact) mass is 397 g/mol. The van der Waals surface area contributed by atoms with Crippen LogP contribution < -0.4 is 5.32 Å². The SMILES string of the molecule is O=C(OCCC1CCNCC1)c1c(-c2ccc(O)cc2)sc2cc(O)ccc12. The van der Waals surface area contributed by atoms with Crippen LogP contribution in [0.1, 0.15) is 29.6 Å². The predicted molar refractivity (Wildman–Crippen MR) is 111 cm³/mol. The van der Waals surface area contributed by atoms with Gasteiger partial charge < -0.3 is 20.3 Å². The highest BCUT2D eigenvalue weighted by atomic mass is 32.1. The van der Waals surface area contributed by atoms with Crippen molar-refractivity contribution < 1.29 is 19.7 Å². The number of fused-ring (bicyclic) bond motifs is 1. The maximum atomic E-state index is 13.0. The molecule has 1 aromatic heterocycles. The van der Waals surface area contributed by atoms with Gasteiger partial charge in [0.1, 0.15) is 11.5 Å². The molecule has 0 unspecified atom stereocenters. The fraction of sp³-hybridized carbons (Fsp3) is 0.318. The van der Waals surface area contributed by atoms with Gasteiger partial charge in [0, 0.05) is 10.1 Å². The molecule has 3 aromatic rings. The van der Waals surface area contributed by atoms with Crippen LogP contribution in [0.2, 0.25) is 0 Å². The third kappa shape index (κ3) is 3.98. The Balaban J connectivity index is 1.61.